The first-order valence-electron chi connectivity index (χ1n) is 5.80. The van der Waals surface area contributed by atoms with E-state index in [1.54, 1.807) is 11.8 Å². The molecule has 0 amide bonds. The van der Waals surface area contributed by atoms with Crippen LogP contribution in [0, 0.1) is 17.8 Å². The molecule has 0 radical (unpaired) electrons. The fourth-order valence-corrected chi connectivity index (χ4v) is 3.13. The lowest BCUT2D eigenvalue weighted by atomic mass is 9.72. The number of hydrogen-bond acceptors (Lipinski definition) is 3. The zero-order chi connectivity index (χ0) is 11.4. The summed E-state index contributed by atoms with van der Waals surface area (Å²) in [5.41, 5.74) is 0. The van der Waals surface area contributed by atoms with Crippen LogP contribution in [0.15, 0.2) is 0 Å². The molecule has 1 aliphatic carbocycles. The van der Waals surface area contributed by atoms with Crippen molar-refractivity contribution in [3.8, 4) is 0 Å². The van der Waals surface area contributed by atoms with Gasteiger partial charge < -0.3 is 4.74 Å². The maximum atomic E-state index is 5.88. The Balaban J connectivity index is 2.62. The Morgan fingerprint density at radius 2 is 2.07 bits per heavy atom. The van der Waals surface area contributed by atoms with E-state index in [0.717, 1.165) is 5.92 Å². The van der Waals surface area contributed by atoms with Gasteiger partial charge in [0.25, 0.3) is 0 Å². The van der Waals surface area contributed by atoms with E-state index < -0.39 is 0 Å². The second-order valence-corrected chi connectivity index (χ2v) is 6.25. The molecule has 0 aromatic rings. The monoisotopic (exact) mass is 246 g/mol. The first-order chi connectivity index (χ1) is 7.06. The van der Waals surface area contributed by atoms with Gasteiger partial charge in [-0.2, -0.15) is 0 Å². The zero-order valence-corrected chi connectivity index (χ0v) is 11.8. The van der Waals surface area contributed by atoms with Crippen LogP contribution in [0.4, 0.5) is 0 Å². The molecule has 0 unspecified atom stereocenters. The van der Waals surface area contributed by atoms with Crippen LogP contribution in [0.1, 0.15) is 40.0 Å². The minimum absolute atomic E-state index is 0.355. The second kappa shape index (κ2) is 6.09. The summed E-state index contributed by atoms with van der Waals surface area (Å²) in [6, 6.07) is 0. The normalized spacial score (nSPS) is 31.7. The van der Waals surface area contributed by atoms with Crippen molar-refractivity contribution in [2.75, 3.05) is 6.26 Å². The van der Waals surface area contributed by atoms with Gasteiger partial charge in [-0.1, -0.05) is 39.0 Å². The van der Waals surface area contributed by atoms with Gasteiger partial charge in [-0.25, -0.2) is 0 Å². The predicted octanol–water partition coefficient (Wildman–Crippen LogP) is 4.11. The Bertz CT molecular complexity index is 216. The van der Waals surface area contributed by atoms with Crippen LogP contribution in [-0.2, 0) is 4.74 Å². The molecule has 0 saturated heterocycles. The van der Waals surface area contributed by atoms with Gasteiger partial charge in [0.2, 0.25) is 4.38 Å². The highest BCUT2D eigenvalue weighted by Gasteiger charge is 2.34. The number of hydrogen-bond donors (Lipinski definition) is 0. The summed E-state index contributed by atoms with van der Waals surface area (Å²) in [4.78, 5) is 0. The van der Waals surface area contributed by atoms with E-state index >= 15 is 0 Å². The average molecular weight is 246 g/mol. The largest absolute Gasteiger partial charge is 0.475 e. The molecule has 0 aromatic carbocycles. The fourth-order valence-electron chi connectivity index (χ4n) is 2.79. The SMILES string of the molecule is CSC(=S)O[C@@H]1CCC[C@H](C)[C@@H]1C(C)C. The van der Waals surface area contributed by atoms with Crippen molar-refractivity contribution in [1.29, 1.82) is 0 Å². The number of rotatable bonds is 2. The maximum Gasteiger partial charge on any atom is 0.219 e. The van der Waals surface area contributed by atoms with Gasteiger partial charge in [-0.3, -0.25) is 0 Å². The van der Waals surface area contributed by atoms with E-state index in [2.05, 4.69) is 20.8 Å². The summed E-state index contributed by atoms with van der Waals surface area (Å²) in [6.45, 7) is 6.94. The Morgan fingerprint density at radius 1 is 1.40 bits per heavy atom. The molecule has 0 spiro atoms. The second-order valence-electron chi connectivity index (χ2n) is 4.84. The summed E-state index contributed by atoms with van der Waals surface area (Å²) in [6.07, 6.45) is 6.14. The lowest BCUT2D eigenvalue weighted by Crippen LogP contribution is -2.37. The first kappa shape index (κ1) is 13.3. The molecule has 3 heteroatoms. The van der Waals surface area contributed by atoms with Crippen molar-refractivity contribution in [1.82, 2.24) is 0 Å². The topological polar surface area (TPSA) is 9.23 Å². The van der Waals surface area contributed by atoms with Crippen LogP contribution in [0.5, 0.6) is 0 Å². The zero-order valence-electron chi connectivity index (χ0n) is 10.2. The Labute approximate surface area is 103 Å². The first-order valence-corrected chi connectivity index (χ1v) is 7.44. The Kier molecular flexibility index (Phi) is 5.41. The van der Waals surface area contributed by atoms with Crippen molar-refractivity contribution in [2.45, 2.75) is 46.1 Å². The number of ether oxygens (including phenoxy) is 1. The third-order valence-electron chi connectivity index (χ3n) is 3.42. The van der Waals surface area contributed by atoms with Gasteiger partial charge in [-0.05, 0) is 43.2 Å². The summed E-state index contributed by atoms with van der Waals surface area (Å²) >= 11 is 6.70. The molecule has 1 saturated carbocycles. The van der Waals surface area contributed by atoms with E-state index in [1.807, 2.05) is 6.26 Å². The van der Waals surface area contributed by atoms with Gasteiger partial charge in [0.15, 0.2) is 0 Å². The van der Waals surface area contributed by atoms with Crippen molar-refractivity contribution >= 4 is 28.4 Å². The Hall–Kier alpha value is 0.240. The highest BCUT2D eigenvalue weighted by molar-refractivity contribution is 8.22. The maximum absolute atomic E-state index is 5.88. The minimum atomic E-state index is 0.355. The summed E-state index contributed by atoms with van der Waals surface area (Å²) in [7, 11) is 0. The highest BCUT2D eigenvalue weighted by atomic mass is 32.2. The lowest BCUT2D eigenvalue weighted by Gasteiger charge is -2.38. The summed E-state index contributed by atoms with van der Waals surface area (Å²) in [5.74, 6) is 2.13. The smallest absolute Gasteiger partial charge is 0.219 e. The molecule has 88 valence electrons. The third kappa shape index (κ3) is 3.63. The lowest BCUT2D eigenvalue weighted by molar-refractivity contribution is 0.0281. The van der Waals surface area contributed by atoms with Gasteiger partial charge in [0.05, 0.1) is 0 Å². The standard InChI is InChI=1S/C12H22OS2/c1-8(2)11-9(3)6-5-7-10(11)13-12(14)15-4/h8-11H,5-7H2,1-4H3/t9-,10+,11-/m0/s1. The predicted molar refractivity (Wildman–Crippen MR) is 72.3 cm³/mol. The fraction of sp³-hybridized carbons (Fsp3) is 0.917. The van der Waals surface area contributed by atoms with Crippen molar-refractivity contribution < 1.29 is 4.74 Å². The number of thiocarbonyl (C=S) groups is 1. The molecule has 0 aromatic heterocycles. The van der Waals surface area contributed by atoms with Gasteiger partial charge >= 0.3 is 0 Å². The molecular formula is C12H22OS2. The van der Waals surface area contributed by atoms with Crippen LogP contribution >= 0.6 is 24.0 Å². The molecule has 1 rings (SSSR count). The van der Waals surface area contributed by atoms with E-state index in [-0.39, 0.29) is 0 Å². The summed E-state index contributed by atoms with van der Waals surface area (Å²) < 4.78 is 6.59. The molecule has 0 aliphatic heterocycles. The quantitative estimate of drug-likeness (QED) is 0.679. The van der Waals surface area contributed by atoms with Gasteiger partial charge in [0.1, 0.15) is 6.10 Å². The molecule has 0 heterocycles. The van der Waals surface area contributed by atoms with Crippen LogP contribution < -0.4 is 0 Å². The molecule has 3 atom stereocenters. The van der Waals surface area contributed by atoms with Gasteiger partial charge in [0, 0.05) is 5.92 Å². The van der Waals surface area contributed by atoms with E-state index in [1.165, 1.54) is 19.3 Å². The minimum Gasteiger partial charge on any atom is -0.475 e. The average Bonchev–Trinajstić information content (AvgIpc) is 2.17. The molecule has 1 nitrogen and oxygen atoms in total. The van der Waals surface area contributed by atoms with Crippen LogP contribution in [-0.4, -0.2) is 16.7 Å². The molecule has 15 heavy (non-hydrogen) atoms. The summed E-state index contributed by atoms with van der Waals surface area (Å²) in [5, 5.41) is 0. The number of thioether (sulfide) groups is 1. The molecule has 1 aliphatic rings. The van der Waals surface area contributed by atoms with Crippen LogP contribution in [0.3, 0.4) is 0 Å². The molecule has 0 N–H and O–H groups in total. The highest BCUT2D eigenvalue weighted by Crippen LogP contribution is 2.37. The van der Waals surface area contributed by atoms with E-state index in [0.29, 0.717) is 22.3 Å². The molecule has 0 bridgehead atoms. The van der Waals surface area contributed by atoms with Gasteiger partial charge in [-0.15, -0.1) is 0 Å². The van der Waals surface area contributed by atoms with Crippen LogP contribution in [0.25, 0.3) is 0 Å². The third-order valence-corrected chi connectivity index (χ3v) is 4.44. The molecule has 1 fully saturated rings. The molecular weight excluding hydrogens is 224 g/mol. The van der Waals surface area contributed by atoms with Crippen molar-refractivity contribution in [3.05, 3.63) is 0 Å². The van der Waals surface area contributed by atoms with Crippen molar-refractivity contribution in [3.63, 3.8) is 0 Å². The van der Waals surface area contributed by atoms with Crippen molar-refractivity contribution in [2.24, 2.45) is 17.8 Å². The van der Waals surface area contributed by atoms with E-state index in [9.17, 15) is 0 Å². The van der Waals surface area contributed by atoms with Crippen LogP contribution in [0.2, 0.25) is 0 Å². The Morgan fingerprint density at radius 3 is 2.60 bits per heavy atom. The van der Waals surface area contributed by atoms with E-state index in [4.69, 9.17) is 17.0 Å².